The number of aromatic hydroxyl groups is 1. The molecule has 0 fully saturated rings. The van der Waals surface area contributed by atoms with Crippen molar-refractivity contribution in [3.8, 4) is 5.88 Å². The number of primary amides is 1. The lowest BCUT2D eigenvalue weighted by Crippen LogP contribution is -2.19. The van der Waals surface area contributed by atoms with Gasteiger partial charge in [-0.3, -0.25) is 4.79 Å². The van der Waals surface area contributed by atoms with E-state index in [2.05, 4.69) is 22.5 Å². The summed E-state index contributed by atoms with van der Waals surface area (Å²) in [7, 11) is 0. The Kier molecular flexibility index (Phi) is 5.59. The van der Waals surface area contributed by atoms with E-state index < -0.39 is 11.8 Å². The Labute approximate surface area is 162 Å². The Morgan fingerprint density at radius 2 is 1.54 bits per heavy atom. The van der Waals surface area contributed by atoms with E-state index in [4.69, 9.17) is 5.73 Å². The number of imidazole rings is 1. The van der Waals surface area contributed by atoms with Gasteiger partial charge >= 0.3 is 6.03 Å². The van der Waals surface area contributed by atoms with E-state index in [1.807, 2.05) is 24.3 Å². The number of nitrogens with zero attached hydrogens (tertiary/aromatic N) is 2. The van der Waals surface area contributed by atoms with Crippen LogP contribution in [-0.4, -0.2) is 26.6 Å². The zero-order chi connectivity index (χ0) is 20.1. The van der Waals surface area contributed by atoms with Crippen molar-refractivity contribution >= 4 is 23.3 Å². The number of urea groups is 1. The molecule has 0 aliphatic rings. The van der Waals surface area contributed by atoms with Gasteiger partial charge in [0.15, 0.2) is 5.69 Å². The number of nitrogens with two attached hydrogens (primary N) is 1. The van der Waals surface area contributed by atoms with Crippen LogP contribution in [0.4, 0.5) is 16.2 Å². The number of rotatable bonds is 6. The molecule has 0 saturated carbocycles. The SMILES string of the molecule is CCc1ccc(NC(=O)Nc2ccc(Cn3cnc(O)c3C(N)=O)cc2)cc1. The van der Waals surface area contributed by atoms with E-state index in [0.29, 0.717) is 17.9 Å². The molecule has 0 bridgehead atoms. The van der Waals surface area contributed by atoms with Crippen LogP contribution >= 0.6 is 0 Å². The van der Waals surface area contributed by atoms with Gasteiger partial charge in [0.25, 0.3) is 5.91 Å². The van der Waals surface area contributed by atoms with Crippen LogP contribution < -0.4 is 16.4 Å². The molecular formula is C20H21N5O3. The van der Waals surface area contributed by atoms with E-state index in [1.54, 1.807) is 24.3 Å². The lowest BCUT2D eigenvalue weighted by Gasteiger charge is -2.10. The molecule has 1 aromatic heterocycles. The molecule has 28 heavy (non-hydrogen) atoms. The standard InChI is InChI=1S/C20H21N5O3/c1-2-13-3-7-15(8-4-13)23-20(28)24-16-9-5-14(6-10-16)11-25-12-22-19(27)17(25)18(21)26/h3-10,12,27H,2,11H2,1H3,(H2,21,26)(H2,23,24,28). The fraction of sp³-hybridized carbons (Fsp3) is 0.150. The van der Waals surface area contributed by atoms with Gasteiger partial charge in [-0.05, 0) is 41.8 Å². The first-order valence-corrected chi connectivity index (χ1v) is 8.76. The second-order valence-electron chi connectivity index (χ2n) is 6.24. The molecule has 5 N–H and O–H groups in total. The zero-order valence-corrected chi connectivity index (χ0v) is 15.3. The first kappa shape index (κ1) is 19.0. The molecule has 8 heteroatoms. The van der Waals surface area contributed by atoms with Crippen molar-refractivity contribution in [2.45, 2.75) is 19.9 Å². The quantitative estimate of drug-likeness (QED) is 0.526. The molecule has 0 spiro atoms. The maximum Gasteiger partial charge on any atom is 0.323 e. The van der Waals surface area contributed by atoms with Crippen LogP contribution in [0.3, 0.4) is 0 Å². The number of anilines is 2. The van der Waals surface area contributed by atoms with Crippen LogP contribution in [-0.2, 0) is 13.0 Å². The highest BCUT2D eigenvalue weighted by molar-refractivity contribution is 5.99. The first-order valence-electron chi connectivity index (χ1n) is 8.76. The van der Waals surface area contributed by atoms with Crippen LogP contribution in [0.5, 0.6) is 5.88 Å². The average molecular weight is 379 g/mol. The van der Waals surface area contributed by atoms with Gasteiger partial charge in [-0.1, -0.05) is 31.2 Å². The third-order valence-electron chi connectivity index (χ3n) is 4.24. The molecule has 0 atom stereocenters. The smallest absolute Gasteiger partial charge is 0.323 e. The van der Waals surface area contributed by atoms with Crippen LogP contribution in [0.2, 0.25) is 0 Å². The second-order valence-corrected chi connectivity index (χ2v) is 6.24. The summed E-state index contributed by atoms with van der Waals surface area (Å²) < 4.78 is 1.47. The number of benzene rings is 2. The van der Waals surface area contributed by atoms with Crippen molar-refractivity contribution in [1.82, 2.24) is 9.55 Å². The molecule has 0 aliphatic carbocycles. The molecule has 0 aliphatic heterocycles. The van der Waals surface area contributed by atoms with Crippen LogP contribution in [0, 0.1) is 0 Å². The Morgan fingerprint density at radius 1 is 1.00 bits per heavy atom. The zero-order valence-electron chi connectivity index (χ0n) is 15.3. The first-order chi connectivity index (χ1) is 13.5. The summed E-state index contributed by atoms with van der Waals surface area (Å²) in [6, 6.07) is 14.4. The van der Waals surface area contributed by atoms with Gasteiger partial charge in [0.2, 0.25) is 5.88 Å². The normalized spacial score (nSPS) is 10.5. The van der Waals surface area contributed by atoms with Crippen LogP contribution in [0.1, 0.15) is 28.5 Å². The number of hydrogen-bond donors (Lipinski definition) is 4. The second kappa shape index (κ2) is 8.26. The summed E-state index contributed by atoms with van der Waals surface area (Å²) in [4.78, 5) is 27.2. The maximum atomic E-state index is 12.1. The minimum Gasteiger partial charge on any atom is -0.492 e. The van der Waals surface area contributed by atoms with Crippen molar-refractivity contribution in [2.75, 3.05) is 10.6 Å². The summed E-state index contributed by atoms with van der Waals surface area (Å²) in [5.74, 6) is -1.15. The number of amides is 3. The summed E-state index contributed by atoms with van der Waals surface area (Å²) in [6.07, 6.45) is 2.29. The van der Waals surface area contributed by atoms with Crippen molar-refractivity contribution < 1.29 is 14.7 Å². The number of aromatic nitrogens is 2. The number of carbonyl (C=O) groups is 2. The molecule has 8 nitrogen and oxygen atoms in total. The summed E-state index contributed by atoms with van der Waals surface area (Å²) in [6.45, 7) is 2.38. The van der Waals surface area contributed by atoms with Gasteiger partial charge in [0.05, 0.1) is 6.33 Å². The van der Waals surface area contributed by atoms with Gasteiger partial charge in [0.1, 0.15) is 0 Å². The molecule has 2 aromatic carbocycles. The van der Waals surface area contributed by atoms with E-state index in [1.165, 1.54) is 16.5 Å². The predicted molar refractivity (Wildman–Crippen MR) is 106 cm³/mol. The third kappa shape index (κ3) is 4.47. The molecule has 0 unspecified atom stereocenters. The monoisotopic (exact) mass is 379 g/mol. The lowest BCUT2D eigenvalue weighted by atomic mass is 10.1. The Hall–Kier alpha value is -3.81. The van der Waals surface area contributed by atoms with Crippen molar-refractivity contribution in [1.29, 1.82) is 0 Å². The van der Waals surface area contributed by atoms with E-state index >= 15 is 0 Å². The number of aryl methyl sites for hydroxylation is 1. The van der Waals surface area contributed by atoms with Crippen LogP contribution in [0.25, 0.3) is 0 Å². The Morgan fingerprint density at radius 3 is 2.04 bits per heavy atom. The maximum absolute atomic E-state index is 12.1. The predicted octanol–water partition coefficient (Wildman–Crippen LogP) is 2.94. The molecule has 1 heterocycles. The molecule has 144 valence electrons. The van der Waals surface area contributed by atoms with Gasteiger partial charge in [-0.15, -0.1) is 0 Å². The Balaban J connectivity index is 1.61. The molecule has 3 rings (SSSR count). The van der Waals surface area contributed by atoms with Crippen molar-refractivity contribution in [3.05, 3.63) is 71.7 Å². The highest BCUT2D eigenvalue weighted by Crippen LogP contribution is 2.17. The van der Waals surface area contributed by atoms with Crippen molar-refractivity contribution in [3.63, 3.8) is 0 Å². The molecule has 0 saturated heterocycles. The van der Waals surface area contributed by atoms with Gasteiger partial charge in [0, 0.05) is 17.9 Å². The topological polar surface area (TPSA) is 122 Å². The van der Waals surface area contributed by atoms with E-state index in [-0.39, 0.29) is 11.7 Å². The number of hydrogen-bond acceptors (Lipinski definition) is 4. The molecule has 3 amide bonds. The molecular weight excluding hydrogens is 358 g/mol. The summed E-state index contributed by atoms with van der Waals surface area (Å²) >= 11 is 0. The summed E-state index contributed by atoms with van der Waals surface area (Å²) in [5, 5.41) is 15.1. The highest BCUT2D eigenvalue weighted by atomic mass is 16.3. The third-order valence-corrected chi connectivity index (χ3v) is 4.24. The lowest BCUT2D eigenvalue weighted by molar-refractivity contribution is 0.0989. The largest absolute Gasteiger partial charge is 0.492 e. The molecule has 3 aromatic rings. The minimum absolute atomic E-state index is 0.0457. The fourth-order valence-corrected chi connectivity index (χ4v) is 2.75. The van der Waals surface area contributed by atoms with Crippen LogP contribution in [0.15, 0.2) is 54.9 Å². The van der Waals surface area contributed by atoms with Gasteiger partial charge in [-0.2, -0.15) is 0 Å². The van der Waals surface area contributed by atoms with Gasteiger partial charge in [-0.25, -0.2) is 9.78 Å². The van der Waals surface area contributed by atoms with E-state index in [0.717, 1.165) is 12.0 Å². The summed E-state index contributed by atoms with van der Waals surface area (Å²) in [5.41, 5.74) is 8.59. The average Bonchev–Trinajstić information content (AvgIpc) is 3.04. The number of carbonyl (C=O) groups excluding carboxylic acids is 2. The van der Waals surface area contributed by atoms with Crippen molar-refractivity contribution in [2.24, 2.45) is 5.73 Å². The fourth-order valence-electron chi connectivity index (χ4n) is 2.75. The van der Waals surface area contributed by atoms with Gasteiger partial charge < -0.3 is 26.0 Å². The number of nitrogens with one attached hydrogen (secondary N) is 2. The highest BCUT2D eigenvalue weighted by Gasteiger charge is 2.15. The van der Waals surface area contributed by atoms with E-state index in [9.17, 15) is 14.7 Å². The Bertz CT molecular complexity index is 978. The molecule has 0 radical (unpaired) electrons. The minimum atomic E-state index is -0.753.